The number of aliphatic hydroxyl groups is 1. The Morgan fingerprint density at radius 2 is 0.662 bits per heavy atom. The molecule has 0 aliphatic heterocycles. The Labute approximate surface area is 488 Å². The molecule has 0 aliphatic carbocycles. The van der Waals surface area contributed by atoms with Crippen molar-refractivity contribution in [2.75, 3.05) is 26.4 Å². The zero-order valence-corrected chi connectivity index (χ0v) is 51.7. The van der Waals surface area contributed by atoms with Crippen LogP contribution in [0, 0.1) is 0 Å². The molecule has 0 spiro atoms. The molecule has 0 radical (unpaired) electrons. The van der Waals surface area contributed by atoms with Crippen LogP contribution < -0.4 is 0 Å². The Kier molecular flexibility index (Phi) is 58.3. The molecule has 0 aromatic rings. The van der Waals surface area contributed by atoms with E-state index in [4.69, 9.17) is 23.3 Å². The quantitative estimate of drug-likeness (QED) is 0.0197. The van der Waals surface area contributed by atoms with E-state index in [1.54, 1.807) is 0 Å². The first-order valence-corrected chi connectivity index (χ1v) is 33.3. The van der Waals surface area contributed by atoms with Crippen LogP contribution in [-0.2, 0) is 42.2 Å². The van der Waals surface area contributed by atoms with Gasteiger partial charge in [0.15, 0.2) is 6.10 Å². The molecular formula is C68H115O11P. The van der Waals surface area contributed by atoms with Gasteiger partial charge in [0.05, 0.1) is 19.8 Å². The number of carbonyl (C=O) groups is 3. The normalized spacial score (nSPS) is 14.0. The number of aliphatic hydroxyl groups excluding tert-OH is 1. The van der Waals surface area contributed by atoms with Crippen LogP contribution in [0.1, 0.15) is 265 Å². The summed E-state index contributed by atoms with van der Waals surface area (Å²) in [4.78, 5) is 48.7. The van der Waals surface area contributed by atoms with Crippen LogP contribution in [0.5, 0.6) is 0 Å². The molecule has 3 unspecified atom stereocenters. The Bertz CT molecular complexity index is 1760. The predicted octanol–water partition coefficient (Wildman–Crippen LogP) is 19.4. The van der Waals surface area contributed by atoms with Gasteiger partial charge in [-0.25, -0.2) is 4.57 Å². The second kappa shape index (κ2) is 61.2. The van der Waals surface area contributed by atoms with Gasteiger partial charge >= 0.3 is 25.7 Å². The lowest BCUT2D eigenvalue weighted by atomic mass is 10.1. The van der Waals surface area contributed by atoms with Crippen molar-refractivity contribution in [1.29, 1.82) is 0 Å². The first-order chi connectivity index (χ1) is 39.2. The average molecular weight is 1140 g/mol. The van der Waals surface area contributed by atoms with Crippen LogP contribution in [0.2, 0.25) is 0 Å². The first-order valence-electron chi connectivity index (χ1n) is 31.8. The minimum atomic E-state index is -4.78. The van der Waals surface area contributed by atoms with Crippen LogP contribution in [0.4, 0.5) is 0 Å². The van der Waals surface area contributed by atoms with E-state index < -0.39 is 57.8 Å². The number of esters is 3. The number of phosphoric ester groups is 1. The highest BCUT2D eigenvalue weighted by Gasteiger charge is 2.28. The minimum Gasteiger partial charge on any atom is -0.462 e. The molecule has 11 nitrogen and oxygen atoms in total. The van der Waals surface area contributed by atoms with Crippen LogP contribution in [0.15, 0.2) is 109 Å². The van der Waals surface area contributed by atoms with Gasteiger partial charge in [0.1, 0.15) is 12.7 Å². The fourth-order valence-corrected chi connectivity index (χ4v) is 9.19. The highest BCUT2D eigenvalue weighted by molar-refractivity contribution is 7.47. The van der Waals surface area contributed by atoms with Crippen molar-refractivity contribution in [2.45, 2.75) is 277 Å². The standard InChI is InChI=1S/C68H115O11P/c1-4-7-10-13-16-19-22-25-28-31-32-35-38-41-44-47-50-53-56-59-68(72)79-65(61-75-66(70)57-54-51-48-45-42-39-36-33-29-26-23-20-17-14-11-8-5-2)63-77-80(73,74)76-62-64(60-69)78-67(71)58-55-52-49-46-43-40-37-34-30-27-24-21-18-15-12-9-6-3/h8-9,11-12,17-18,20-21,25-30,37,40,46,49,64-65,69H,4-7,10,13-16,19,22-24,31-36,38-39,41-45,47-48,50-63H2,1-3H3,(H,73,74)/b11-8-,12-9-,20-17-,21-18-,28-25-,29-26-,30-27-,40-37-,49-46-. The van der Waals surface area contributed by atoms with Crippen molar-refractivity contribution in [3.05, 3.63) is 109 Å². The molecule has 0 rings (SSSR count). The number of hydrogen-bond acceptors (Lipinski definition) is 10. The van der Waals surface area contributed by atoms with E-state index in [-0.39, 0.29) is 25.9 Å². The number of hydrogen-bond donors (Lipinski definition) is 2. The van der Waals surface area contributed by atoms with E-state index in [9.17, 15) is 28.9 Å². The molecule has 0 saturated heterocycles. The summed E-state index contributed by atoms with van der Waals surface area (Å²) < 4.78 is 39.6. The maximum atomic E-state index is 13.0. The van der Waals surface area contributed by atoms with Crippen molar-refractivity contribution in [3.63, 3.8) is 0 Å². The lowest BCUT2D eigenvalue weighted by Crippen LogP contribution is -2.30. The van der Waals surface area contributed by atoms with Gasteiger partial charge < -0.3 is 24.2 Å². The van der Waals surface area contributed by atoms with Crippen molar-refractivity contribution in [3.8, 4) is 0 Å². The summed E-state index contributed by atoms with van der Waals surface area (Å²) in [6.45, 7) is 4.36. The van der Waals surface area contributed by atoms with Gasteiger partial charge in [-0.3, -0.25) is 23.4 Å². The maximum absolute atomic E-state index is 13.0. The van der Waals surface area contributed by atoms with Crippen molar-refractivity contribution in [2.24, 2.45) is 0 Å². The second-order valence-electron chi connectivity index (χ2n) is 20.8. The zero-order chi connectivity index (χ0) is 58.3. The molecule has 0 heterocycles. The van der Waals surface area contributed by atoms with Gasteiger partial charge in [0, 0.05) is 19.3 Å². The Morgan fingerprint density at radius 1 is 0.362 bits per heavy atom. The molecule has 0 saturated carbocycles. The summed E-state index contributed by atoms with van der Waals surface area (Å²) in [7, 11) is -4.78. The third-order valence-electron chi connectivity index (χ3n) is 13.2. The van der Waals surface area contributed by atoms with E-state index >= 15 is 0 Å². The number of unbranched alkanes of at least 4 members (excludes halogenated alkanes) is 23. The topological polar surface area (TPSA) is 155 Å². The highest BCUT2D eigenvalue weighted by atomic mass is 31.2. The van der Waals surface area contributed by atoms with E-state index in [1.165, 1.54) is 96.3 Å². The van der Waals surface area contributed by atoms with Gasteiger partial charge in [0.25, 0.3) is 0 Å². The third kappa shape index (κ3) is 58.8. The SMILES string of the molecule is CC/C=C\C/C=C\C/C=C\C/C=C\C/C=C\CCCC(=O)OC(CO)COP(=O)(O)OCC(COC(=O)CCCCCCCCC/C=C\C/C=C\C/C=C\CC)OC(=O)CCCCCCCCCCC/C=C\CCCCCCCC. The zero-order valence-electron chi connectivity index (χ0n) is 50.8. The fraction of sp³-hybridized carbons (Fsp3) is 0.691. The summed E-state index contributed by atoms with van der Waals surface area (Å²) in [6.07, 6.45) is 74.7. The fourth-order valence-electron chi connectivity index (χ4n) is 8.40. The number of allylic oxidation sites excluding steroid dienone is 18. The third-order valence-corrected chi connectivity index (χ3v) is 14.1. The van der Waals surface area contributed by atoms with Gasteiger partial charge in [-0.15, -0.1) is 0 Å². The molecular weight excluding hydrogens is 1020 g/mol. The van der Waals surface area contributed by atoms with Crippen LogP contribution in [0.25, 0.3) is 0 Å². The van der Waals surface area contributed by atoms with Gasteiger partial charge in [0.2, 0.25) is 0 Å². The van der Waals surface area contributed by atoms with Gasteiger partial charge in [-0.1, -0.05) is 239 Å². The number of carbonyl (C=O) groups excluding carboxylic acids is 3. The van der Waals surface area contributed by atoms with E-state index in [0.29, 0.717) is 25.7 Å². The van der Waals surface area contributed by atoms with Crippen molar-refractivity contribution < 1.29 is 52.2 Å². The van der Waals surface area contributed by atoms with Crippen LogP contribution in [-0.4, -0.2) is 66.5 Å². The smallest absolute Gasteiger partial charge is 0.462 e. The Hall–Kier alpha value is -3.86. The maximum Gasteiger partial charge on any atom is 0.472 e. The van der Waals surface area contributed by atoms with Crippen LogP contribution >= 0.6 is 7.82 Å². The summed E-state index contributed by atoms with van der Waals surface area (Å²) in [5, 5.41) is 9.84. The minimum absolute atomic E-state index is 0.0941. The molecule has 0 bridgehead atoms. The van der Waals surface area contributed by atoms with E-state index in [0.717, 1.165) is 103 Å². The second-order valence-corrected chi connectivity index (χ2v) is 22.3. The molecule has 0 aliphatic rings. The monoisotopic (exact) mass is 1140 g/mol. The number of ether oxygens (including phenoxy) is 3. The van der Waals surface area contributed by atoms with Crippen molar-refractivity contribution >= 4 is 25.7 Å². The van der Waals surface area contributed by atoms with E-state index in [2.05, 4.69) is 118 Å². The summed E-state index contributed by atoms with van der Waals surface area (Å²) >= 11 is 0. The molecule has 0 aromatic heterocycles. The molecule has 12 heteroatoms. The molecule has 0 aromatic carbocycles. The van der Waals surface area contributed by atoms with Gasteiger partial charge in [-0.2, -0.15) is 0 Å². The van der Waals surface area contributed by atoms with Crippen molar-refractivity contribution in [1.82, 2.24) is 0 Å². The first kappa shape index (κ1) is 76.1. The van der Waals surface area contributed by atoms with Gasteiger partial charge in [-0.05, 0) is 116 Å². The predicted molar refractivity (Wildman–Crippen MR) is 334 cm³/mol. The van der Waals surface area contributed by atoms with E-state index in [1.807, 2.05) is 12.2 Å². The number of rotatable bonds is 58. The Morgan fingerprint density at radius 3 is 1.06 bits per heavy atom. The summed E-state index contributed by atoms with van der Waals surface area (Å²) in [6, 6.07) is 0. The molecule has 0 fully saturated rings. The van der Waals surface area contributed by atoms with Crippen LogP contribution in [0.3, 0.4) is 0 Å². The highest BCUT2D eigenvalue weighted by Crippen LogP contribution is 2.43. The number of phosphoric acid groups is 1. The molecule has 0 amide bonds. The summed E-state index contributed by atoms with van der Waals surface area (Å²) in [5.41, 5.74) is 0. The molecule has 458 valence electrons. The Balaban J connectivity index is 4.78. The molecule has 3 atom stereocenters. The lowest BCUT2D eigenvalue weighted by Gasteiger charge is -2.21. The molecule has 80 heavy (non-hydrogen) atoms. The average Bonchev–Trinajstić information content (AvgIpc) is 3.45. The molecule has 2 N–H and O–H groups in total. The lowest BCUT2D eigenvalue weighted by molar-refractivity contribution is -0.161. The summed E-state index contributed by atoms with van der Waals surface area (Å²) in [5.74, 6) is -1.54. The largest absolute Gasteiger partial charge is 0.472 e.